The fourth-order valence-electron chi connectivity index (χ4n) is 2.35. The van der Waals surface area contributed by atoms with Gasteiger partial charge in [0.05, 0.1) is 11.5 Å². The molecule has 0 spiro atoms. The molecule has 0 bridgehead atoms. The van der Waals surface area contributed by atoms with Crippen LogP contribution in [0.25, 0.3) is 0 Å². The third kappa shape index (κ3) is 8.13. The number of nitro benzene ring substituents is 1. The van der Waals surface area contributed by atoms with Gasteiger partial charge in [-0.25, -0.2) is 4.99 Å². The molecule has 2 aromatic rings. The number of nitrogens with one attached hydrogen (secondary N) is 2. The van der Waals surface area contributed by atoms with E-state index in [-0.39, 0.29) is 34.6 Å². The minimum atomic E-state index is -0.370. The third-order valence-corrected chi connectivity index (χ3v) is 4.51. The summed E-state index contributed by atoms with van der Waals surface area (Å²) in [4.78, 5) is 16.1. The van der Waals surface area contributed by atoms with Gasteiger partial charge in [0.25, 0.3) is 5.69 Å². The first-order chi connectivity index (χ1) is 12.2. The van der Waals surface area contributed by atoms with Crippen molar-refractivity contribution in [2.24, 2.45) is 4.99 Å². The van der Waals surface area contributed by atoms with Crippen LogP contribution < -0.4 is 10.6 Å². The number of non-ortho nitro benzene ring substituents is 1. The lowest BCUT2D eigenvalue weighted by Crippen LogP contribution is -2.37. The Morgan fingerprint density at radius 2 is 1.96 bits per heavy atom. The van der Waals surface area contributed by atoms with Crippen molar-refractivity contribution in [2.45, 2.75) is 32.7 Å². The van der Waals surface area contributed by atoms with Crippen LogP contribution in [0.5, 0.6) is 0 Å². The van der Waals surface area contributed by atoms with Crippen molar-refractivity contribution in [1.29, 1.82) is 0 Å². The maximum Gasteiger partial charge on any atom is 0.269 e. The number of thiophene rings is 1. The third-order valence-electron chi connectivity index (χ3n) is 3.65. The van der Waals surface area contributed by atoms with E-state index in [0.29, 0.717) is 6.54 Å². The highest BCUT2D eigenvalue weighted by atomic mass is 127. The van der Waals surface area contributed by atoms with Crippen molar-refractivity contribution in [3.05, 3.63) is 62.3 Å². The van der Waals surface area contributed by atoms with Crippen LogP contribution in [0.2, 0.25) is 0 Å². The van der Waals surface area contributed by atoms with Gasteiger partial charge in [0.1, 0.15) is 0 Å². The second-order valence-electron chi connectivity index (χ2n) is 5.58. The minimum absolute atomic E-state index is 0. The zero-order chi connectivity index (χ0) is 17.9. The zero-order valence-electron chi connectivity index (χ0n) is 14.8. The van der Waals surface area contributed by atoms with Crippen LogP contribution in [0.1, 0.15) is 30.2 Å². The molecule has 1 heterocycles. The van der Waals surface area contributed by atoms with Gasteiger partial charge in [-0.15, -0.1) is 35.3 Å². The van der Waals surface area contributed by atoms with Gasteiger partial charge in [0, 0.05) is 30.1 Å². The van der Waals surface area contributed by atoms with Gasteiger partial charge in [-0.1, -0.05) is 18.2 Å². The molecule has 1 aromatic heterocycles. The summed E-state index contributed by atoms with van der Waals surface area (Å²) in [6.07, 6.45) is 2.96. The summed E-state index contributed by atoms with van der Waals surface area (Å²) in [7, 11) is 0. The fourth-order valence-corrected chi connectivity index (χ4v) is 2.97. The number of rotatable bonds is 9. The number of aliphatic imine (C=N–C) groups is 1. The molecule has 0 amide bonds. The van der Waals surface area contributed by atoms with E-state index in [1.54, 1.807) is 23.5 Å². The largest absolute Gasteiger partial charge is 0.357 e. The first-order valence-corrected chi connectivity index (χ1v) is 9.35. The number of nitrogens with zero attached hydrogens (tertiary/aromatic N) is 2. The Hall–Kier alpha value is -1.68. The molecule has 0 atom stereocenters. The Balaban J connectivity index is 0.00000338. The Morgan fingerprint density at radius 1 is 1.19 bits per heavy atom. The molecular formula is C18H25IN4O2S. The SMILES string of the molecule is CCNC(=NCc1cccs1)NCCCCc1ccc([N+](=O)[O-])cc1.I. The molecule has 0 fully saturated rings. The second kappa shape index (κ2) is 12.6. The predicted molar refractivity (Wildman–Crippen MR) is 119 cm³/mol. The Morgan fingerprint density at radius 3 is 2.58 bits per heavy atom. The maximum absolute atomic E-state index is 10.6. The van der Waals surface area contributed by atoms with Crippen molar-refractivity contribution in [3.63, 3.8) is 0 Å². The monoisotopic (exact) mass is 488 g/mol. The highest BCUT2D eigenvalue weighted by Crippen LogP contribution is 2.13. The molecule has 0 saturated carbocycles. The molecule has 0 unspecified atom stereocenters. The van der Waals surface area contributed by atoms with Crippen LogP contribution >= 0.6 is 35.3 Å². The summed E-state index contributed by atoms with van der Waals surface area (Å²) in [5, 5.41) is 19.3. The molecule has 2 rings (SSSR count). The number of hydrogen-bond acceptors (Lipinski definition) is 4. The van der Waals surface area contributed by atoms with E-state index in [0.717, 1.165) is 43.9 Å². The highest BCUT2D eigenvalue weighted by Gasteiger charge is 2.04. The van der Waals surface area contributed by atoms with E-state index in [2.05, 4.69) is 34.0 Å². The number of halogens is 1. The average molecular weight is 488 g/mol. The Bertz CT molecular complexity index is 675. The zero-order valence-corrected chi connectivity index (χ0v) is 18.0. The molecule has 6 nitrogen and oxygen atoms in total. The average Bonchev–Trinajstić information content (AvgIpc) is 3.13. The van der Waals surface area contributed by atoms with Crippen LogP contribution in [0.3, 0.4) is 0 Å². The molecule has 2 N–H and O–H groups in total. The molecule has 0 aliphatic heterocycles. The van der Waals surface area contributed by atoms with Crippen LogP contribution in [-0.4, -0.2) is 24.0 Å². The Labute approximate surface area is 175 Å². The van der Waals surface area contributed by atoms with Gasteiger partial charge < -0.3 is 10.6 Å². The first-order valence-electron chi connectivity index (χ1n) is 8.47. The van der Waals surface area contributed by atoms with Gasteiger partial charge in [-0.2, -0.15) is 0 Å². The predicted octanol–water partition coefficient (Wildman–Crippen LogP) is 4.35. The minimum Gasteiger partial charge on any atom is -0.357 e. The number of guanidine groups is 1. The van der Waals surface area contributed by atoms with E-state index in [9.17, 15) is 10.1 Å². The van der Waals surface area contributed by atoms with Gasteiger partial charge in [0.15, 0.2) is 5.96 Å². The van der Waals surface area contributed by atoms with Crippen LogP contribution in [0.15, 0.2) is 46.8 Å². The molecular weight excluding hydrogens is 463 g/mol. The molecule has 1 aromatic carbocycles. The molecule has 142 valence electrons. The highest BCUT2D eigenvalue weighted by molar-refractivity contribution is 14.0. The fraction of sp³-hybridized carbons (Fsp3) is 0.389. The lowest BCUT2D eigenvalue weighted by Gasteiger charge is -2.11. The van der Waals surface area contributed by atoms with Crippen molar-refractivity contribution in [1.82, 2.24) is 10.6 Å². The van der Waals surface area contributed by atoms with Gasteiger partial charge in [0.2, 0.25) is 0 Å². The van der Waals surface area contributed by atoms with Crippen LogP contribution in [0, 0.1) is 10.1 Å². The normalized spacial score (nSPS) is 10.9. The summed E-state index contributed by atoms with van der Waals surface area (Å²) >= 11 is 1.71. The summed E-state index contributed by atoms with van der Waals surface area (Å²) < 4.78 is 0. The molecule has 26 heavy (non-hydrogen) atoms. The molecule has 0 saturated heterocycles. The molecule has 8 heteroatoms. The van der Waals surface area contributed by atoms with Crippen molar-refractivity contribution >= 4 is 47.0 Å². The van der Waals surface area contributed by atoms with E-state index >= 15 is 0 Å². The van der Waals surface area contributed by atoms with Gasteiger partial charge >= 0.3 is 0 Å². The number of hydrogen-bond donors (Lipinski definition) is 2. The van der Waals surface area contributed by atoms with Gasteiger partial charge in [-0.05, 0) is 43.2 Å². The standard InChI is InChI=1S/C18H24N4O2S.HI/c1-2-19-18(21-14-17-7-5-13-25-17)20-12-4-3-6-15-8-10-16(11-9-15)22(23)24;/h5,7-11,13H,2-4,6,12,14H2,1H3,(H2,19,20,21);1H. The molecule has 0 aliphatic rings. The summed E-state index contributed by atoms with van der Waals surface area (Å²) in [6, 6.07) is 10.9. The summed E-state index contributed by atoms with van der Waals surface area (Å²) in [6.45, 7) is 4.43. The topological polar surface area (TPSA) is 79.6 Å². The van der Waals surface area contributed by atoms with E-state index < -0.39 is 0 Å². The van der Waals surface area contributed by atoms with Gasteiger partial charge in [-0.3, -0.25) is 10.1 Å². The van der Waals surface area contributed by atoms with E-state index in [4.69, 9.17) is 0 Å². The summed E-state index contributed by atoms with van der Waals surface area (Å²) in [5.41, 5.74) is 1.27. The smallest absolute Gasteiger partial charge is 0.269 e. The Kier molecular flexibility index (Phi) is 10.9. The number of benzene rings is 1. The number of nitro groups is 1. The van der Waals surface area contributed by atoms with Crippen molar-refractivity contribution < 1.29 is 4.92 Å². The van der Waals surface area contributed by atoms with Crippen molar-refractivity contribution in [2.75, 3.05) is 13.1 Å². The number of aryl methyl sites for hydroxylation is 1. The van der Waals surface area contributed by atoms with Crippen LogP contribution in [-0.2, 0) is 13.0 Å². The quantitative estimate of drug-likeness (QED) is 0.137. The lowest BCUT2D eigenvalue weighted by atomic mass is 10.1. The maximum atomic E-state index is 10.6. The van der Waals surface area contributed by atoms with E-state index in [1.807, 2.05) is 18.2 Å². The van der Waals surface area contributed by atoms with Crippen LogP contribution in [0.4, 0.5) is 5.69 Å². The van der Waals surface area contributed by atoms with Crippen molar-refractivity contribution in [3.8, 4) is 0 Å². The lowest BCUT2D eigenvalue weighted by molar-refractivity contribution is -0.384. The second-order valence-corrected chi connectivity index (χ2v) is 6.61. The first kappa shape index (κ1) is 22.4. The summed E-state index contributed by atoms with van der Waals surface area (Å²) in [5.74, 6) is 0.839. The number of unbranched alkanes of at least 4 members (excludes halogenated alkanes) is 1. The molecule has 0 radical (unpaired) electrons. The molecule has 0 aliphatic carbocycles. The van der Waals surface area contributed by atoms with E-state index in [1.165, 1.54) is 4.88 Å².